The maximum Gasteiger partial charge on any atom is 0.412 e. The van der Waals surface area contributed by atoms with E-state index in [9.17, 15) is 19.8 Å². The third-order valence-electron chi connectivity index (χ3n) is 2.51. The van der Waals surface area contributed by atoms with Crippen LogP contribution in [0.15, 0.2) is 11.4 Å². The molecular weight excluding hydrogens is 308 g/mol. The van der Waals surface area contributed by atoms with E-state index in [0.29, 0.717) is 10.6 Å². The molecule has 1 aromatic rings. The van der Waals surface area contributed by atoms with Crippen molar-refractivity contribution >= 4 is 28.3 Å². The zero-order chi connectivity index (χ0) is 16.9. The molecule has 2 amide bonds. The molecule has 0 saturated carbocycles. The second-order valence-electron chi connectivity index (χ2n) is 5.82. The number of nitrogens with one attached hydrogen (secondary N) is 2. The normalized spacial score (nSPS) is 14.1. The number of aliphatic hydroxyl groups is 2. The minimum atomic E-state index is -1.16. The highest BCUT2D eigenvalue weighted by molar-refractivity contribution is 7.14. The maximum atomic E-state index is 11.6. The van der Waals surface area contributed by atoms with Crippen molar-refractivity contribution in [2.24, 2.45) is 0 Å². The minimum Gasteiger partial charge on any atom is -0.444 e. The molecule has 0 radical (unpaired) electrons. The van der Waals surface area contributed by atoms with Gasteiger partial charge in [0.1, 0.15) is 17.8 Å². The van der Waals surface area contributed by atoms with Gasteiger partial charge in [0.25, 0.3) is 0 Å². The van der Waals surface area contributed by atoms with Gasteiger partial charge in [0.05, 0.1) is 5.00 Å². The summed E-state index contributed by atoms with van der Waals surface area (Å²) in [7, 11) is 0. The van der Waals surface area contributed by atoms with Crippen molar-refractivity contribution in [3.05, 3.63) is 17.0 Å². The van der Waals surface area contributed by atoms with Gasteiger partial charge in [-0.05, 0) is 37.8 Å². The molecule has 8 heteroatoms. The molecule has 1 rings (SSSR count). The van der Waals surface area contributed by atoms with Gasteiger partial charge in [0, 0.05) is 13.5 Å². The molecule has 0 fully saturated rings. The lowest BCUT2D eigenvalue weighted by Crippen LogP contribution is -2.34. The summed E-state index contributed by atoms with van der Waals surface area (Å²) in [6.45, 7) is 6.55. The van der Waals surface area contributed by atoms with Gasteiger partial charge in [0.15, 0.2) is 0 Å². The third-order valence-corrected chi connectivity index (χ3v) is 3.37. The van der Waals surface area contributed by atoms with Crippen LogP contribution < -0.4 is 10.6 Å². The molecule has 0 aromatic carbocycles. The number of ether oxygens (including phenoxy) is 1. The number of hydrogen-bond donors (Lipinski definition) is 4. The zero-order valence-corrected chi connectivity index (χ0v) is 13.9. The molecule has 0 aliphatic rings. The highest BCUT2D eigenvalue weighted by atomic mass is 32.1. The first kappa shape index (κ1) is 18.4. The Morgan fingerprint density at radius 2 is 2.00 bits per heavy atom. The number of amides is 2. The standard InChI is InChI=1S/C14H22N2O5S/c1-8(17)15-6-10(18)12(19)9-5-11(22-7-9)16-13(20)21-14(2,3)4/h5,7,10,12,18-19H,6H2,1-4H3,(H,15,17)(H,16,20). The van der Waals surface area contributed by atoms with Crippen molar-refractivity contribution in [1.82, 2.24) is 5.32 Å². The van der Waals surface area contributed by atoms with Gasteiger partial charge in [0.2, 0.25) is 5.91 Å². The smallest absolute Gasteiger partial charge is 0.412 e. The van der Waals surface area contributed by atoms with Gasteiger partial charge in [-0.25, -0.2) is 4.79 Å². The highest BCUT2D eigenvalue weighted by Gasteiger charge is 2.21. The van der Waals surface area contributed by atoms with Crippen molar-refractivity contribution in [1.29, 1.82) is 0 Å². The molecule has 0 bridgehead atoms. The van der Waals surface area contributed by atoms with E-state index in [1.165, 1.54) is 18.3 Å². The Labute approximate surface area is 133 Å². The van der Waals surface area contributed by atoms with E-state index in [1.807, 2.05) is 0 Å². The summed E-state index contributed by atoms with van der Waals surface area (Å²) in [5.41, 5.74) is -0.146. The van der Waals surface area contributed by atoms with Crippen LogP contribution in [-0.4, -0.2) is 40.5 Å². The van der Waals surface area contributed by atoms with Gasteiger partial charge in [-0.2, -0.15) is 0 Å². The first-order chi connectivity index (χ1) is 10.1. The van der Waals surface area contributed by atoms with Crippen LogP contribution in [-0.2, 0) is 9.53 Å². The van der Waals surface area contributed by atoms with Crippen LogP contribution in [0.4, 0.5) is 9.80 Å². The molecular formula is C14H22N2O5S. The fourth-order valence-corrected chi connectivity index (χ4v) is 2.37. The summed E-state index contributed by atoms with van der Waals surface area (Å²) in [5, 5.41) is 26.9. The van der Waals surface area contributed by atoms with Gasteiger partial charge in [-0.3, -0.25) is 10.1 Å². The third kappa shape index (κ3) is 6.42. The zero-order valence-electron chi connectivity index (χ0n) is 13.0. The van der Waals surface area contributed by atoms with E-state index in [2.05, 4.69) is 10.6 Å². The topological polar surface area (TPSA) is 108 Å². The molecule has 22 heavy (non-hydrogen) atoms. The van der Waals surface area contributed by atoms with Gasteiger partial charge in [-0.1, -0.05) is 0 Å². The number of hydrogen-bond acceptors (Lipinski definition) is 6. The molecule has 1 aromatic heterocycles. The molecule has 0 aliphatic heterocycles. The number of carbonyl (C=O) groups is 2. The van der Waals surface area contributed by atoms with Crippen molar-refractivity contribution in [3.8, 4) is 0 Å². The van der Waals surface area contributed by atoms with Crippen LogP contribution in [0.1, 0.15) is 39.4 Å². The minimum absolute atomic E-state index is 0.0544. The van der Waals surface area contributed by atoms with E-state index in [1.54, 1.807) is 32.2 Å². The summed E-state index contributed by atoms with van der Waals surface area (Å²) in [4.78, 5) is 22.4. The molecule has 124 valence electrons. The average Bonchev–Trinajstić information content (AvgIpc) is 2.80. The quantitative estimate of drug-likeness (QED) is 0.656. The van der Waals surface area contributed by atoms with Crippen LogP contribution in [0.2, 0.25) is 0 Å². The Morgan fingerprint density at radius 3 is 2.55 bits per heavy atom. The molecule has 1 heterocycles. The van der Waals surface area contributed by atoms with Crippen molar-refractivity contribution in [2.45, 2.75) is 45.5 Å². The lowest BCUT2D eigenvalue weighted by atomic mass is 10.1. The molecule has 4 N–H and O–H groups in total. The summed E-state index contributed by atoms with van der Waals surface area (Å²) in [5.74, 6) is -0.288. The van der Waals surface area contributed by atoms with E-state index in [4.69, 9.17) is 4.74 Å². The van der Waals surface area contributed by atoms with E-state index in [-0.39, 0.29) is 12.5 Å². The highest BCUT2D eigenvalue weighted by Crippen LogP contribution is 2.27. The van der Waals surface area contributed by atoms with E-state index < -0.39 is 23.9 Å². The van der Waals surface area contributed by atoms with Crippen molar-refractivity contribution < 1.29 is 24.5 Å². The largest absolute Gasteiger partial charge is 0.444 e. The Morgan fingerprint density at radius 1 is 1.36 bits per heavy atom. The maximum absolute atomic E-state index is 11.6. The molecule has 7 nitrogen and oxygen atoms in total. The second kappa shape index (κ2) is 7.57. The van der Waals surface area contributed by atoms with Gasteiger partial charge in [-0.15, -0.1) is 11.3 Å². The Hall–Kier alpha value is -1.64. The van der Waals surface area contributed by atoms with Crippen LogP contribution >= 0.6 is 11.3 Å². The number of thiophene rings is 1. The van der Waals surface area contributed by atoms with Crippen LogP contribution in [0.3, 0.4) is 0 Å². The summed E-state index contributed by atoms with van der Waals surface area (Å²) in [6, 6.07) is 1.55. The van der Waals surface area contributed by atoms with Gasteiger partial charge >= 0.3 is 6.09 Å². The lowest BCUT2D eigenvalue weighted by Gasteiger charge is -2.19. The number of anilines is 1. The van der Waals surface area contributed by atoms with E-state index in [0.717, 1.165) is 0 Å². The predicted molar refractivity (Wildman–Crippen MR) is 83.8 cm³/mol. The Balaban J connectivity index is 2.59. The van der Waals surface area contributed by atoms with E-state index >= 15 is 0 Å². The fraction of sp³-hybridized carbons (Fsp3) is 0.571. The molecule has 0 aliphatic carbocycles. The molecule has 0 saturated heterocycles. The first-order valence-electron chi connectivity index (χ1n) is 6.77. The fourth-order valence-electron chi connectivity index (χ4n) is 1.56. The summed E-state index contributed by atoms with van der Waals surface area (Å²) < 4.78 is 5.12. The number of aliphatic hydroxyl groups excluding tert-OH is 2. The SMILES string of the molecule is CC(=O)NCC(O)C(O)c1csc(NC(=O)OC(C)(C)C)c1. The summed E-state index contributed by atoms with van der Waals surface area (Å²) in [6.07, 6.45) is -2.88. The first-order valence-corrected chi connectivity index (χ1v) is 7.65. The van der Waals surface area contributed by atoms with Gasteiger partial charge < -0.3 is 20.3 Å². The van der Waals surface area contributed by atoms with Crippen LogP contribution in [0, 0.1) is 0 Å². The Kier molecular flexibility index (Phi) is 6.34. The van der Waals surface area contributed by atoms with Crippen LogP contribution in [0.25, 0.3) is 0 Å². The Bertz CT molecular complexity index is 524. The number of carbonyl (C=O) groups excluding carboxylic acids is 2. The van der Waals surface area contributed by atoms with Crippen molar-refractivity contribution in [3.63, 3.8) is 0 Å². The monoisotopic (exact) mass is 330 g/mol. The van der Waals surface area contributed by atoms with Crippen LogP contribution in [0.5, 0.6) is 0 Å². The number of rotatable bonds is 5. The lowest BCUT2D eigenvalue weighted by molar-refractivity contribution is -0.119. The average molecular weight is 330 g/mol. The molecule has 2 unspecified atom stereocenters. The molecule has 0 spiro atoms. The molecule has 2 atom stereocenters. The second-order valence-corrected chi connectivity index (χ2v) is 6.73. The summed E-state index contributed by atoms with van der Waals surface area (Å²) >= 11 is 1.20. The predicted octanol–water partition coefficient (Wildman–Crippen LogP) is 1.63. The van der Waals surface area contributed by atoms with Crippen molar-refractivity contribution in [2.75, 3.05) is 11.9 Å².